The number of ketones is 1. The number of anilines is 1. The molecule has 1 heterocycles. The molecule has 5 nitrogen and oxygen atoms in total. The van der Waals surface area contributed by atoms with Crippen molar-refractivity contribution in [3.8, 4) is 5.75 Å². The zero-order valence-electron chi connectivity index (χ0n) is 12.3. The minimum absolute atomic E-state index is 0.0693. The SMILES string of the molecule is CC(=O)C(C)N1C(=O)C(C)(C)Oc2ccc(CN)cc21. The highest BCUT2D eigenvalue weighted by Crippen LogP contribution is 2.39. The number of amides is 1. The van der Waals surface area contributed by atoms with Crippen LogP contribution in [0.2, 0.25) is 0 Å². The first-order valence-corrected chi connectivity index (χ1v) is 6.64. The smallest absolute Gasteiger partial charge is 0.271 e. The van der Waals surface area contributed by atoms with Gasteiger partial charge in [-0.15, -0.1) is 0 Å². The molecule has 0 fully saturated rings. The Hall–Kier alpha value is -1.88. The van der Waals surface area contributed by atoms with Gasteiger partial charge in [-0.1, -0.05) is 6.07 Å². The Morgan fingerprint density at radius 3 is 2.65 bits per heavy atom. The standard InChI is InChI=1S/C15H20N2O3/c1-9(10(2)18)17-12-7-11(8-16)5-6-13(12)20-15(3,4)14(17)19/h5-7,9H,8,16H2,1-4H3. The number of Topliss-reactive ketones (excluding diaryl/α,β-unsaturated/α-hetero) is 1. The van der Waals surface area contributed by atoms with Gasteiger partial charge >= 0.3 is 0 Å². The highest BCUT2D eigenvalue weighted by molar-refractivity contribution is 6.07. The Bertz CT molecular complexity index is 566. The average molecular weight is 276 g/mol. The summed E-state index contributed by atoms with van der Waals surface area (Å²) in [5.41, 5.74) is 6.16. The molecule has 0 saturated carbocycles. The molecule has 1 unspecified atom stereocenters. The number of fused-ring (bicyclic) bond motifs is 1. The van der Waals surface area contributed by atoms with Gasteiger partial charge in [-0.2, -0.15) is 0 Å². The Balaban J connectivity index is 2.59. The van der Waals surface area contributed by atoms with Crippen LogP contribution in [0.1, 0.15) is 33.3 Å². The van der Waals surface area contributed by atoms with Gasteiger partial charge in [0.15, 0.2) is 11.4 Å². The molecule has 108 valence electrons. The lowest BCUT2D eigenvalue weighted by Crippen LogP contribution is -2.56. The molecule has 20 heavy (non-hydrogen) atoms. The van der Waals surface area contributed by atoms with Crippen LogP contribution in [0.3, 0.4) is 0 Å². The van der Waals surface area contributed by atoms with Crippen molar-refractivity contribution in [2.24, 2.45) is 5.73 Å². The molecule has 1 aromatic rings. The summed E-state index contributed by atoms with van der Waals surface area (Å²) in [6, 6.07) is 4.94. The van der Waals surface area contributed by atoms with Crippen molar-refractivity contribution >= 4 is 17.4 Å². The van der Waals surface area contributed by atoms with E-state index in [1.54, 1.807) is 26.8 Å². The van der Waals surface area contributed by atoms with Gasteiger partial charge in [0.05, 0.1) is 11.7 Å². The Kier molecular flexibility index (Phi) is 3.56. The molecular weight excluding hydrogens is 256 g/mol. The van der Waals surface area contributed by atoms with Gasteiger partial charge in [0.25, 0.3) is 5.91 Å². The van der Waals surface area contributed by atoms with E-state index >= 15 is 0 Å². The van der Waals surface area contributed by atoms with Crippen LogP contribution < -0.4 is 15.4 Å². The second kappa shape index (κ2) is 4.90. The van der Waals surface area contributed by atoms with Crippen LogP contribution in [0.25, 0.3) is 0 Å². The van der Waals surface area contributed by atoms with E-state index in [1.807, 2.05) is 12.1 Å². The van der Waals surface area contributed by atoms with Crippen LogP contribution in [0.15, 0.2) is 18.2 Å². The van der Waals surface area contributed by atoms with Crippen molar-refractivity contribution in [1.82, 2.24) is 0 Å². The lowest BCUT2D eigenvalue weighted by molar-refractivity contribution is -0.134. The molecule has 2 rings (SSSR count). The molecule has 1 aliphatic rings. The van der Waals surface area contributed by atoms with Crippen molar-refractivity contribution < 1.29 is 14.3 Å². The van der Waals surface area contributed by atoms with Crippen LogP contribution in [-0.2, 0) is 16.1 Å². The first-order valence-electron chi connectivity index (χ1n) is 6.64. The first-order chi connectivity index (χ1) is 9.27. The van der Waals surface area contributed by atoms with Gasteiger partial charge in [-0.25, -0.2) is 0 Å². The van der Waals surface area contributed by atoms with E-state index < -0.39 is 11.6 Å². The molecule has 1 atom stereocenters. The topological polar surface area (TPSA) is 72.6 Å². The van der Waals surface area contributed by atoms with Crippen molar-refractivity contribution in [2.45, 2.75) is 45.9 Å². The van der Waals surface area contributed by atoms with Gasteiger partial charge in [-0.3, -0.25) is 14.5 Å². The summed E-state index contributed by atoms with van der Waals surface area (Å²) >= 11 is 0. The summed E-state index contributed by atoms with van der Waals surface area (Å²) in [5, 5.41) is 0. The number of hydrogen-bond acceptors (Lipinski definition) is 4. The first kappa shape index (κ1) is 14.5. The molecule has 1 aromatic carbocycles. The van der Waals surface area contributed by atoms with Crippen LogP contribution >= 0.6 is 0 Å². The summed E-state index contributed by atoms with van der Waals surface area (Å²) in [6.45, 7) is 6.98. The van der Waals surface area contributed by atoms with E-state index in [-0.39, 0.29) is 11.7 Å². The highest BCUT2D eigenvalue weighted by Gasteiger charge is 2.43. The van der Waals surface area contributed by atoms with E-state index in [4.69, 9.17) is 10.5 Å². The normalized spacial score (nSPS) is 18.2. The summed E-state index contributed by atoms with van der Waals surface area (Å²) < 4.78 is 5.75. The zero-order valence-corrected chi connectivity index (χ0v) is 12.3. The molecule has 5 heteroatoms. The predicted molar refractivity (Wildman–Crippen MR) is 76.7 cm³/mol. The second-order valence-corrected chi connectivity index (χ2v) is 5.58. The number of nitrogens with zero attached hydrogens (tertiary/aromatic N) is 1. The van der Waals surface area contributed by atoms with Crippen molar-refractivity contribution in [3.05, 3.63) is 23.8 Å². The van der Waals surface area contributed by atoms with Gasteiger partial charge < -0.3 is 10.5 Å². The zero-order chi connectivity index (χ0) is 15.1. The summed E-state index contributed by atoms with van der Waals surface area (Å²) in [6.07, 6.45) is 0. The fourth-order valence-electron chi connectivity index (χ4n) is 2.25. The summed E-state index contributed by atoms with van der Waals surface area (Å²) in [4.78, 5) is 25.8. The number of carbonyl (C=O) groups excluding carboxylic acids is 2. The maximum Gasteiger partial charge on any atom is 0.271 e. The Labute approximate surface area is 118 Å². The van der Waals surface area contributed by atoms with Gasteiger partial charge in [0, 0.05) is 6.54 Å². The molecule has 0 aromatic heterocycles. The van der Waals surface area contributed by atoms with Crippen LogP contribution in [0, 0.1) is 0 Å². The Morgan fingerprint density at radius 2 is 2.10 bits per heavy atom. The van der Waals surface area contributed by atoms with Gasteiger partial charge in [0.1, 0.15) is 5.75 Å². The van der Waals surface area contributed by atoms with E-state index in [0.29, 0.717) is 18.0 Å². The van der Waals surface area contributed by atoms with Crippen LogP contribution in [-0.4, -0.2) is 23.3 Å². The molecule has 0 aliphatic carbocycles. The lowest BCUT2D eigenvalue weighted by atomic mass is 10.00. The summed E-state index contributed by atoms with van der Waals surface area (Å²) in [7, 11) is 0. The monoisotopic (exact) mass is 276 g/mol. The van der Waals surface area contributed by atoms with Crippen molar-refractivity contribution in [1.29, 1.82) is 0 Å². The summed E-state index contributed by atoms with van der Waals surface area (Å²) in [5.74, 6) is 0.307. The third-order valence-corrected chi connectivity index (χ3v) is 3.59. The van der Waals surface area contributed by atoms with E-state index in [0.717, 1.165) is 5.56 Å². The fraction of sp³-hybridized carbons (Fsp3) is 0.467. The molecule has 1 amide bonds. The Morgan fingerprint density at radius 1 is 1.45 bits per heavy atom. The molecule has 1 aliphatic heterocycles. The molecular formula is C15H20N2O3. The minimum atomic E-state index is -0.985. The van der Waals surface area contributed by atoms with E-state index in [2.05, 4.69) is 0 Å². The lowest BCUT2D eigenvalue weighted by Gasteiger charge is -2.41. The quantitative estimate of drug-likeness (QED) is 0.910. The van der Waals surface area contributed by atoms with Gasteiger partial charge in [-0.05, 0) is 45.4 Å². The number of benzene rings is 1. The largest absolute Gasteiger partial charge is 0.476 e. The van der Waals surface area contributed by atoms with Crippen LogP contribution in [0.4, 0.5) is 5.69 Å². The maximum atomic E-state index is 12.6. The van der Waals surface area contributed by atoms with E-state index in [9.17, 15) is 9.59 Å². The van der Waals surface area contributed by atoms with Crippen molar-refractivity contribution in [3.63, 3.8) is 0 Å². The molecule has 0 bridgehead atoms. The van der Waals surface area contributed by atoms with Crippen LogP contribution in [0.5, 0.6) is 5.75 Å². The number of ether oxygens (including phenoxy) is 1. The van der Waals surface area contributed by atoms with E-state index in [1.165, 1.54) is 11.8 Å². The van der Waals surface area contributed by atoms with Crippen molar-refractivity contribution in [2.75, 3.05) is 4.90 Å². The minimum Gasteiger partial charge on any atom is -0.476 e. The van der Waals surface area contributed by atoms with Gasteiger partial charge in [0.2, 0.25) is 0 Å². The maximum absolute atomic E-state index is 12.6. The molecule has 0 spiro atoms. The predicted octanol–water partition coefficient (Wildman–Crippen LogP) is 1.63. The third-order valence-electron chi connectivity index (χ3n) is 3.59. The number of rotatable bonds is 3. The second-order valence-electron chi connectivity index (χ2n) is 5.58. The molecule has 2 N–H and O–H groups in total. The average Bonchev–Trinajstić information content (AvgIpc) is 2.38. The number of hydrogen-bond donors (Lipinski definition) is 1. The number of carbonyl (C=O) groups is 2. The highest BCUT2D eigenvalue weighted by atomic mass is 16.5. The molecule has 0 radical (unpaired) electrons. The number of nitrogens with two attached hydrogens (primary N) is 1. The third kappa shape index (κ3) is 2.29. The molecule has 0 saturated heterocycles. The fourth-order valence-corrected chi connectivity index (χ4v) is 2.25.